The van der Waals surface area contributed by atoms with Gasteiger partial charge in [0.15, 0.2) is 0 Å². The first kappa shape index (κ1) is 10.3. The van der Waals surface area contributed by atoms with Gasteiger partial charge in [-0.3, -0.25) is 4.52 Å². The monoisotopic (exact) mass is 218 g/mol. The van der Waals surface area contributed by atoms with Gasteiger partial charge in [0.25, 0.3) is 0 Å². The molecular formula is C3H8O7P2. The lowest BCUT2D eigenvalue weighted by atomic mass is 10.9. The molecular weight excluding hydrogens is 210 g/mol. The average Bonchev–Trinajstić information content (AvgIpc) is 2.39. The van der Waals surface area contributed by atoms with E-state index in [1.165, 1.54) is 0 Å². The van der Waals surface area contributed by atoms with Gasteiger partial charge in [-0.25, -0.2) is 9.13 Å². The van der Waals surface area contributed by atoms with Gasteiger partial charge in [0.1, 0.15) is 0 Å². The van der Waals surface area contributed by atoms with Crippen LogP contribution < -0.4 is 0 Å². The number of phosphoric ester groups is 1. The highest BCUT2D eigenvalue weighted by Gasteiger charge is 2.38. The van der Waals surface area contributed by atoms with Crippen molar-refractivity contribution in [3.63, 3.8) is 0 Å². The predicted octanol–water partition coefficient (Wildman–Crippen LogP) is 0.375. The second kappa shape index (κ2) is 3.20. The molecule has 1 rings (SSSR count). The zero-order valence-electron chi connectivity index (χ0n) is 5.86. The maximum absolute atomic E-state index is 10.7. The van der Waals surface area contributed by atoms with E-state index in [1.54, 1.807) is 0 Å². The van der Waals surface area contributed by atoms with E-state index >= 15 is 0 Å². The largest absolute Gasteiger partial charge is 0.481 e. The minimum Gasteiger partial charge on any atom is -0.302 e. The third-order valence-electron chi connectivity index (χ3n) is 1.02. The topological polar surface area (TPSA) is 113 Å². The maximum atomic E-state index is 10.7. The molecule has 0 radical (unpaired) electrons. The first-order chi connectivity index (χ1) is 5.29. The van der Waals surface area contributed by atoms with Gasteiger partial charge >= 0.3 is 15.6 Å². The molecule has 1 unspecified atom stereocenters. The number of hydrogen-bond acceptors (Lipinski definition) is 4. The smallest absolute Gasteiger partial charge is 0.302 e. The Morgan fingerprint density at radius 1 is 1.17 bits per heavy atom. The molecule has 3 N–H and O–H groups in total. The van der Waals surface area contributed by atoms with Gasteiger partial charge in [-0.15, -0.1) is 0 Å². The van der Waals surface area contributed by atoms with Crippen LogP contribution in [0.5, 0.6) is 0 Å². The van der Waals surface area contributed by atoms with E-state index in [0.717, 1.165) is 0 Å². The van der Waals surface area contributed by atoms with Crippen LogP contribution in [0.2, 0.25) is 0 Å². The van der Waals surface area contributed by atoms with E-state index in [1.807, 2.05) is 0 Å². The van der Waals surface area contributed by atoms with Crippen LogP contribution in [0.15, 0.2) is 0 Å². The third-order valence-corrected chi connectivity index (χ3v) is 3.26. The summed E-state index contributed by atoms with van der Waals surface area (Å²) in [6.45, 7) is 0. The van der Waals surface area contributed by atoms with Crippen molar-refractivity contribution in [2.24, 2.45) is 0 Å². The zero-order chi connectivity index (χ0) is 9.41. The highest BCUT2D eigenvalue weighted by atomic mass is 31.3. The molecule has 72 valence electrons. The molecule has 0 saturated heterocycles. The number of hydrogen-bond donors (Lipinski definition) is 3. The Morgan fingerprint density at radius 3 is 2.00 bits per heavy atom. The van der Waals surface area contributed by atoms with Crippen molar-refractivity contribution < 1.29 is 32.6 Å². The molecule has 1 saturated carbocycles. The molecule has 0 amide bonds. The lowest BCUT2D eigenvalue weighted by Gasteiger charge is -2.10. The van der Waals surface area contributed by atoms with Gasteiger partial charge in [0, 0.05) is 0 Å². The summed E-state index contributed by atoms with van der Waals surface area (Å²) < 4.78 is 28.7. The molecule has 9 heteroatoms. The maximum Gasteiger partial charge on any atom is 0.481 e. The fourth-order valence-electron chi connectivity index (χ4n) is 0.515. The standard InChI is InChI=1S/C3H8O7P2/c4-11(5,6)10-12(7,8)9-3-1-2-3/h3H,1-2H2,(H,7,8)(H2,4,5,6). The summed E-state index contributed by atoms with van der Waals surface area (Å²) in [6.07, 6.45) is 0.803. The van der Waals surface area contributed by atoms with Crippen LogP contribution in [0.25, 0.3) is 0 Å². The first-order valence-corrected chi connectivity index (χ1v) is 6.09. The highest BCUT2D eigenvalue weighted by Crippen LogP contribution is 2.59. The molecule has 1 aliphatic carbocycles. The normalized spacial score (nSPS) is 23.6. The highest BCUT2D eigenvalue weighted by molar-refractivity contribution is 7.60. The van der Waals surface area contributed by atoms with Crippen molar-refractivity contribution in [1.82, 2.24) is 0 Å². The Hall–Kier alpha value is 0.260. The van der Waals surface area contributed by atoms with Crippen molar-refractivity contribution in [2.75, 3.05) is 0 Å². The summed E-state index contributed by atoms with van der Waals surface area (Å²) >= 11 is 0. The summed E-state index contributed by atoms with van der Waals surface area (Å²) in [5, 5.41) is 0. The number of rotatable bonds is 4. The molecule has 0 bridgehead atoms. The molecule has 1 fully saturated rings. The number of phosphoric acid groups is 2. The lowest BCUT2D eigenvalue weighted by Crippen LogP contribution is -1.94. The van der Waals surface area contributed by atoms with E-state index in [4.69, 9.17) is 14.7 Å². The van der Waals surface area contributed by atoms with Gasteiger partial charge in [0.05, 0.1) is 6.10 Å². The molecule has 0 aliphatic heterocycles. The fraction of sp³-hybridized carbons (Fsp3) is 1.00. The van der Waals surface area contributed by atoms with Crippen LogP contribution in [-0.4, -0.2) is 20.8 Å². The van der Waals surface area contributed by atoms with E-state index in [2.05, 4.69) is 8.83 Å². The van der Waals surface area contributed by atoms with Crippen molar-refractivity contribution >= 4 is 15.6 Å². The summed E-state index contributed by atoms with van der Waals surface area (Å²) in [6, 6.07) is 0. The van der Waals surface area contributed by atoms with E-state index in [9.17, 15) is 9.13 Å². The molecule has 12 heavy (non-hydrogen) atoms. The fourth-order valence-corrected chi connectivity index (χ4v) is 2.33. The Balaban J connectivity index is 2.47. The quantitative estimate of drug-likeness (QED) is 0.584. The van der Waals surface area contributed by atoms with Gasteiger partial charge in [-0.05, 0) is 12.8 Å². The van der Waals surface area contributed by atoms with Crippen molar-refractivity contribution in [3.8, 4) is 0 Å². The van der Waals surface area contributed by atoms with Crippen LogP contribution in [-0.2, 0) is 18.0 Å². The molecule has 0 aromatic carbocycles. The van der Waals surface area contributed by atoms with Gasteiger partial charge in [0.2, 0.25) is 0 Å². The minimum absolute atomic E-state index is 0.410. The van der Waals surface area contributed by atoms with Gasteiger partial charge < -0.3 is 14.7 Å². The zero-order valence-corrected chi connectivity index (χ0v) is 7.65. The minimum atomic E-state index is -4.95. The summed E-state index contributed by atoms with van der Waals surface area (Å²) in [5.74, 6) is 0. The summed E-state index contributed by atoms with van der Waals surface area (Å²) in [7, 11) is -9.52. The third kappa shape index (κ3) is 4.33. The Bertz CT molecular complexity index is 251. The first-order valence-electron chi connectivity index (χ1n) is 3.07. The molecule has 1 aliphatic rings. The van der Waals surface area contributed by atoms with Crippen LogP contribution in [0.1, 0.15) is 12.8 Å². The van der Waals surface area contributed by atoms with Gasteiger partial charge in [-0.1, -0.05) is 0 Å². The van der Waals surface area contributed by atoms with E-state index < -0.39 is 21.7 Å². The lowest BCUT2D eigenvalue weighted by molar-refractivity contribution is 0.171. The molecule has 0 spiro atoms. The molecule has 0 aromatic heterocycles. The van der Waals surface area contributed by atoms with E-state index in [-0.39, 0.29) is 0 Å². The second-order valence-electron chi connectivity index (χ2n) is 2.35. The Kier molecular flexibility index (Phi) is 2.75. The summed E-state index contributed by atoms with van der Waals surface area (Å²) in [5.41, 5.74) is 0. The average molecular weight is 218 g/mol. The van der Waals surface area contributed by atoms with Crippen LogP contribution in [0.4, 0.5) is 0 Å². The van der Waals surface area contributed by atoms with Crippen LogP contribution >= 0.6 is 15.6 Å². The molecule has 0 aromatic rings. The SMILES string of the molecule is O=P(O)(O)OP(=O)(O)OC1CC1. The van der Waals surface area contributed by atoms with Crippen LogP contribution in [0.3, 0.4) is 0 Å². The van der Waals surface area contributed by atoms with Gasteiger partial charge in [-0.2, -0.15) is 4.31 Å². The Morgan fingerprint density at radius 2 is 1.67 bits per heavy atom. The van der Waals surface area contributed by atoms with Crippen molar-refractivity contribution in [1.29, 1.82) is 0 Å². The van der Waals surface area contributed by atoms with Crippen molar-refractivity contribution in [3.05, 3.63) is 0 Å². The second-order valence-corrected chi connectivity index (χ2v) is 5.13. The Labute approximate surface area is 68.2 Å². The van der Waals surface area contributed by atoms with E-state index in [0.29, 0.717) is 12.8 Å². The molecule has 0 heterocycles. The van der Waals surface area contributed by atoms with Crippen molar-refractivity contribution in [2.45, 2.75) is 18.9 Å². The van der Waals surface area contributed by atoms with Crippen LogP contribution in [0, 0.1) is 0 Å². The summed E-state index contributed by atoms with van der Waals surface area (Å²) in [4.78, 5) is 25.0. The molecule has 7 nitrogen and oxygen atoms in total. The molecule has 1 atom stereocenters. The predicted molar refractivity (Wildman–Crippen MR) is 37.1 cm³/mol.